The van der Waals surface area contributed by atoms with Crippen molar-refractivity contribution in [3.05, 3.63) is 53.1 Å². The van der Waals surface area contributed by atoms with Crippen LogP contribution < -0.4 is 10.2 Å². The van der Waals surface area contributed by atoms with Gasteiger partial charge in [0.2, 0.25) is 5.91 Å². The van der Waals surface area contributed by atoms with Crippen molar-refractivity contribution in [2.75, 3.05) is 23.0 Å². The highest BCUT2D eigenvalue weighted by molar-refractivity contribution is 7.90. The summed E-state index contributed by atoms with van der Waals surface area (Å²) >= 11 is 0. The summed E-state index contributed by atoms with van der Waals surface area (Å²) in [5.41, 5.74) is 3.49. The van der Waals surface area contributed by atoms with Crippen LogP contribution in [0.25, 0.3) is 0 Å². The summed E-state index contributed by atoms with van der Waals surface area (Å²) in [7, 11) is -3.39. The van der Waals surface area contributed by atoms with E-state index in [4.69, 9.17) is 0 Å². The van der Waals surface area contributed by atoms with Gasteiger partial charge < -0.3 is 10.2 Å². The molecule has 6 nitrogen and oxygen atoms in total. The number of carbonyl (C=O) groups is 2. The Bertz CT molecular complexity index is 1010. The maximum absolute atomic E-state index is 12.6. The zero-order valence-electron chi connectivity index (χ0n) is 14.9. The number of nitrogens with one attached hydrogen (secondary N) is 1. The van der Waals surface area contributed by atoms with E-state index in [2.05, 4.69) is 5.32 Å². The third-order valence-electron chi connectivity index (χ3n) is 4.49. The van der Waals surface area contributed by atoms with Crippen molar-refractivity contribution >= 4 is 33.0 Å². The number of sulfone groups is 1. The molecule has 0 atom stereocenters. The van der Waals surface area contributed by atoms with Crippen molar-refractivity contribution < 1.29 is 18.0 Å². The van der Waals surface area contributed by atoms with E-state index in [0.29, 0.717) is 23.4 Å². The molecule has 2 amide bonds. The average molecular weight is 372 g/mol. The van der Waals surface area contributed by atoms with Crippen molar-refractivity contribution in [3.8, 4) is 0 Å². The van der Waals surface area contributed by atoms with E-state index in [1.54, 1.807) is 24.0 Å². The lowest BCUT2D eigenvalue weighted by molar-refractivity contribution is -0.116. The van der Waals surface area contributed by atoms with E-state index in [0.717, 1.165) is 23.9 Å². The van der Waals surface area contributed by atoms with Crippen LogP contribution in [-0.2, 0) is 21.1 Å². The molecule has 1 aliphatic heterocycles. The minimum atomic E-state index is -3.39. The van der Waals surface area contributed by atoms with Gasteiger partial charge >= 0.3 is 0 Å². The van der Waals surface area contributed by atoms with Crippen molar-refractivity contribution in [2.45, 2.75) is 25.2 Å². The first-order chi connectivity index (χ1) is 12.2. The molecule has 0 bridgehead atoms. The number of nitrogens with zero attached hydrogens (tertiary/aromatic N) is 1. The first kappa shape index (κ1) is 18.1. The van der Waals surface area contributed by atoms with E-state index in [1.165, 1.54) is 19.1 Å². The van der Waals surface area contributed by atoms with Gasteiger partial charge in [-0.2, -0.15) is 0 Å². The lowest BCUT2D eigenvalue weighted by atomic mass is 10.1. The topological polar surface area (TPSA) is 83.6 Å². The van der Waals surface area contributed by atoms with Gasteiger partial charge in [0.1, 0.15) is 0 Å². The summed E-state index contributed by atoms with van der Waals surface area (Å²) in [6.07, 6.45) is 1.85. The Balaban J connectivity index is 1.87. The first-order valence-corrected chi connectivity index (χ1v) is 10.1. The highest BCUT2D eigenvalue weighted by atomic mass is 32.2. The molecule has 2 aromatic rings. The molecule has 0 radical (unpaired) electrons. The van der Waals surface area contributed by atoms with Gasteiger partial charge in [0.05, 0.1) is 4.90 Å². The Hall–Kier alpha value is -2.67. The van der Waals surface area contributed by atoms with Crippen LogP contribution >= 0.6 is 0 Å². The van der Waals surface area contributed by atoms with Crippen LogP contribution in [0, 0.1) is 6.92 Å². The molecule has 0 saturated carbocycles. The lowest BCUT2D eigenvalue weighted by Gasteiger charge is -2.15. The molecule has 3 rings (SSSR count). The highest BCUT2D eigenvalue weighted by Crippen LogP contribution is 2.30. The molecule has 0 aliphatic carbocycles. The second kappa shape index (κ2) is 6.57. The fraction of sp³-hybridized carbons (Fsp3) is 0.263. The number of hydrogen-bond acceptors (Lipinski definition) is 4. The zero-order valence-corrected chi connectivity index (χ0v) is 15.7. The third-order valence-corrected chi connectivity index (χ3v) is 5.61. The van der Waals surface area contributed by atoms with Crippen molar-refractivity contribution in [1.29, 1.82) is 0 Å². The number of fused-ring (bicyclic) bond motifs is 1. The van der Waals surface area contributed by atoms with E-state index in [1.807, 2.05) is 12.1 Å². The van der Waals surface area contributed by atoms with Crippen LogP contribution in [0.4, 0.5) is 11.4 Å². The Kier molecular flexibility index (Phi) is 4.58. The first-order valence-electron chi connectivity index (χ1n) is 8.20. The number of amides is 2. The predicted octanol–water partition coefficient (Wildman–Crippen LogP) is 2.56. The number of carbonyl (C=O) groups excluding carboxylic acids is 2. The molecule has 0 aromatic heterocycles. The fourth-order valence-corrected chi connectivity index (χ4v) is 3.73. The maximum atomic E-state index is 12.6. The van der Waals surface area contributed by atoms with E-state index < -0.39 is 9.84 Å². The standard InChI is InChI=1S/C19H20N2O4S/c1-12-4-6-16(26(3,24)25)11-17(12)19(23)20-15-5-7-18-14(10-15)8-9-21(18)13(2)22/h4-7,10-11H,8-9H2,1-3H3,(H,20,23). The number of hydrogen-bond donors (Lipinski definition) is 1. The molecular weight excluding hydrogens is 352 g/mol. The smallest absolute Gasteiger partial charge is 0.255 e. The van der Waals surface area contributed by atoms with Crippen LogP contribution in [0.5, 0.6) is 0 Å². The molecule has 0 saturated heterocycles. The fourth-order valence-electron chi connectivity index (χ4n) is 3.08. The summed E-state index contributed by atoms with van der Waals surface area (Å²) in [4.78, 5) is 26.0. The highest BCUT2D eigenvalue weighted by Gasteiger charge is 2.22. The van der Waals surface area contributed by atoms with Gasteiger partial charge in [0.25, 0.3) is 5.91 Å². The van der Waals surface area contributed by atoms with Crippen LogP contribution in [-0.4, -0.2) is 33.0 Å². The van der Waals surface area contributed by atoms with E-state index in [9.17, 15) is 18.0 Å². The van der Waals surface area contributed by atoms with Crippen LogP contribution in [0.3, 0.4) is 0 Å². The molecule has 0 spiro atoms. The second-order valence-electron chi connectivity index (χ2n) is 6.47. The second-order valence-corrected chi connectivity index (χ2v) is 8.48. The van der Waals surface area contributed by atoms with Gasteiger partial charge in [-0.1, -0.05) is 6.07 Å². The minimum absolute atomic E-state index is 0.00579. The lowest BCUT2D eigenvalue weighted by Crippen LogP contribution is -2.25. The Morgan fingerprint density at radius 3 is 2.50 bits per heavy atom. The summed E-state index contributed by atoms with van der Waals surface area (Å²) in [6.45, 7) is 3.92. The number of anilines is 2. The SMILES string of the molecule is CC(=O)N1CCc2cc(NC(=O)c3cc(S(C)(=O)=O)ccc3C)ccc21. The molecular formula is C19H20N2O4S. The summed E-state index contributed by atoms with van der Waals surface area (Å²) in [5.74, 6) is -0.372. The van der Waals surface area contributed by atoms with Gasteiger partial charge in [0.15, 0.2) is 9.84 Å². The summed E-state index contributed by atoms with van der Waals surface area (Å²) in [5, 5.41) is 2.81. The van der Waals surface area contributed by atoms with Gasteiger partial charge in [-0.3, -0.25) is 9.59 Å². The Morgan fingerprint density at radius 2 is 1.85 bits per heavy atom. The molecule has 136 valence electrons. The van der Waals surface area contributed by atoms with Gasteiger partial charge in [0, 0.05) is 36.7 Å². The van der Waals surface area contributed by atoms with Crippen molar-refractivity contribution in [3.63, 3.8) is 0 Å². The van der Waals surface area contributed by atoms with Crippen LogP contribution in [0.15, 0.2) is 41.3 Å². The molecule has 7 heteroatoms. The summed E-state index contributed by atoms with van der Waals surface area (Å²) < 4.78 is 23.5. The largest absolute Gasteiger partial charge is 0.322 e. The molecule has 0 fully saturated rings. The molecule has 0 unspecified atom stereocenters. The molecule has 1 N–H and O–H groups in total. The monoisotopic (exact) mass is 372 g/mol. The Morgan fingerprint density at radius 1 is 1.12 bits per heavy atom. The van der Waals surface area contributed by atoms with Gasteiger partial charge in [-0.05, 0) is 54.8 Å². The van der Waals surface area contributed by atoms with Crippen LogP contribution in [0.1, 0.15) is 28.4 Å². The van der Waals surface area contributed by atoms with Crippen molar-refractivity contribution in [1.82, 2.24) is 0 Å². The number of aryl methyl sites for hydroxylation is 1. The quantitative estimate of drug-likeness (QED) is 0.897. The maximum Gasteiger partial charge on any atom is 0.255 e. The molecule has 1 aliphatic rings. The molecule has 26 heavy (non-hydrogen) atoms. The number of rotatable bonds is 3. The zero-order chi connectivity index (χ0) is 19.1. The van der Waals surface area contributed by atoms with Crippen molar-refractivity contribution in [2.24, 2.45) is 0 Å². The Labute approximate surface area is 152 Å². The molecule has 1 heterocycles. The molecule has 2 aromatic carbocycles. The van der Waals surface area contributed by atoms with E-state index >= 15 is 0 Å². The normalized spacial score (nSPS) is 13.4. The average Bonchev–Trinajstić information content (AvgIpc) is 2.97. The van der Waals surface area contributed by atoms with Gasteiger partial charge in [-0.15, -0.1) is 0 Å². The summed E-state index contributed by atoms with van der Waals surface area (Å²) in [6, 6.07) is 9.93. The minimum Gasteiger partial charge on any atom is -0.322 e. The van der Waals surface area contributed by atoms with Crippen LogP contribution in [0.2, 0.25) is 0 Å². The third kappa shape index (κ3) is 3.48. The number of benzene rings is 2. The van der Waals surface area contributed by atoms with Gasteiger partial charge in [-0.25, -0.2) is 8.42 Å². The predicted molar refractivity (Wildman–Crippen MR) is 100 cm³/mol. The van der Waals surface area contributed by atoms with E-state index in [-0.39, 0.29) is 16.7 Å².